The van der Waals surface area contributed by atoms with E-state index in [1.165, 1.54) is 6.07 Å². The highest BCUT2D eigenvalue weighted by molar-refractivity contribution is 5.90. The first-order valence-corrected chi connectivity index (χ1v) is 9.00. The third kappa shape index (κ3) is 6.54. The van der Waals surface area contributed by atoms with Gasteiger partial charge in [-0.2, -0.15) is 0 Å². The van der Waals surface area contributed by atoms with Gasteiger partial charge in [0.05, 0.1) is 23.7 Å². The number of alkyl carbamates (subject to hydrolysis) is 1. The van der Waals surface area contributed by atoms with E-state index in [9.17, 15) is 29.9 Å². The predicted molar refractivity (Wildman–Crippen MR) is 105 cm³/mol. The summed E-state index contributed by atoms with van der Waals surface area (Å²) in [7, 11) is 1.12. The van der Waals surface area contributed by atoms with Gasteiger partial charge >= 0.3 is 12.1 Å². The SMILES string of the molecule is COC(=O)c1cc(C(O)C(O)CCNC(=O)OCc2ccccc2)cc([N+](=O)[O-])c1. The smallest absolute Gasteiger partial charge is 0.407 e. The minimum Gasteiger partial charge on any atom is -0.465 e. The Balaban J connectivity index is 1.91. The molecule has 0 aliphatic rings. The fraction of sp³-hybridized carbons (Fsp3) is 0.300. The summed E-state index contributed by atoms with van der Waals surface area (Å²) in [6.07, 6.45) is -3.62. The first kappa shape index (κ1) is 22.8. The number of carbonyl (C=O) groups is 2. The zero-order chi connectivity index (χ0) is 22.1. The molecule has 2 unspecified atom stereocenters. The van der Waals surface area contributed by atoms with Crippen LogP contribution in [0.1, 0.15) is 34.0 Å². The maximum atomic E-state index is 11.7. The molecule has 0 aliphatic heterocycles. The topological polar surface area (TPSA) is 148 Å². The van der Waals surface area contributed by atoms with Crippen LogP contribution in [0.2, 0.25) is 0 Å². The summed E-state index contributed by atoms with van der Waals surface area (Å²) in [4.78, 5) is 33.7. The number of nitrogens with zero attached hydrogens (tertiary/aromatic N) is 1. The zero-order valence-electron chi connectivity index (χ0n) is 16.2. The van der Waals surface area contributed by atoms with Gasteiger partial charge in [-0.25, -0.2) is 9.59 Å². The van der Waals surface area contributed by atoms with Crippen molar-refractivity contribution in [2.24, 2.45) is 0 Å². The summed E-state index contributed by atoms with van der Waals surface area (Å²) in [5.74, 6) is -0.815. The molecular weight excluding hydrogens is 396 g/mol. The summed E-state index contributed by atoms with van der Waals surface area (Å²) in [6, 6.07) is 12.3. The maximum absolute atomic E-state index is 11.7. The molecule has 0 heterocycles. The van der Waals surface area contributed by atoms with E-state index in [1.54, 1.807) is 12.1 Å². The number of non-ortho nitro benzene ring substituents is 1. The highest BCUT2D eigenvalue weighted by atomic mass is 16.6. The molecule has 0 radical (unpaired) electrons. The maximum Gasteiger partial charge on any atom is 0.407 e. The van der Waals surface area contributed by atoms with Crippen molar-refractivity contribution in [3.8, 4) is 0 Å². The third-order valence-electron chi connectivity index (χ3n) is 4.20. The fourth-order valence-electron chi connectivity index (χ4n) is 2.62. The molecule has 0 aliphatic carbocycles. The van der Waals surface area contributed by atoms with Crippen LogP contribution in [0.5, 0.6) is 0 Å². The lowest BCUT2D eigenvalue weighted by Gasteiger charge is -2.19. The van der Waals surface area contributed by atoms with E-state index >= 15 is 0 Å². The lowest BCUT2D eigenvalue weighted by molar-refractivity contribution is -0.385. The summed E-state index contributed by atoms with van der Waals surface area (Å²) in [6.45, 7) is 0.0759. The van der Waals surface area contributed by atoms with Crippen molar-refractivity contribution in [1.82, 2.24) is 5.32 Å². The second-order valence-electron chi connectivity index (χ2n) is 6.35. The minimum atomic E-state index is -1.52. The number of benzene rings is 2. The average Bonchev–Trinajstić information content (AvgIpc) is 2.76. The van der Waals surface area contributed by atoms with E-state index in [0.29, 0.717) is 0 Å². The number of hydrogen-bond acceptors (Lipinski definition) is 8. The van der Waals surface area contributed by atoms with Gasteiger partial charge < -0.3 is 25.0 Å². The monoisotopic (exact) mass is 418 g/mol. The molecule has 1 amide bonds. The quantitative estimate of drug-likeness (QED) is 0.318. The van der Waals surface area contributed by atoms with Gasteiger partial charge in [-0.05, 0) is 23.6 Å². The van der Waals surface area contributed by atoms with E-state index in [1.807, 2.05) is 18.2 Å². The van der Waals surface area contributed by atoms with E-state index in [2.05, 4.69) is 10.1 Å². The Bertz CT molecular complexity index is 888. The first-order chi connectivity index (χ1) is 14.3. The second-order valence-corrected chi connectivity index (χ2v) is 6.35. The minimum absolute atomic E-state index is 0.00929. The van der Waals surface area contributed by atoms with Gasteiger partial charge in [-0.3, -0.25) is 10.1 Å². The molecule has 160 valence electrons. The Kier molecular flexibility index (Phi) is 8.27. The van der Waals surface area contributed by atoms with Crippen LogP contribution in [0.4, 0.5) is 10.5 Å². The van der Waals surface area contributed by atoms with E-state index in [4.69, 9.17) is 4.74 Å². The van der Waals surface area contributed by atoms with Gasteiger partial charge in [0.25, 0.3) is 5.69 Å². The zero-order valence-corrected chi connectivity index (χ0v) is 16.2. The number of amides is 1. The number of ether oxygens (including phenoxy) is 2. The van der Waals surface area contributed by atoms with Gasteiger partial charge in [-0.1, -0.05) is 30.3 Å². The molecule has 0 fully saturated rings. The van der Waals surface area contributed by atoms with Crippen LogP contribution in [-0.4, -0.2) is 47.0 Å². The van der Waals surface area contributed by atoms with Gasteiger partial charge in [-0.15, -0.1) is 0 Å². The Hall–Kier alpha value is -3.50. The Morgan fingerprint density at radius 1 is 1.17 bits per heavy atom. The molecule has 3 N–H and O–H groups in total. The number of hydrogen-bond donors (Lipinski definition) is 3. The second kappa shape index (κ2) is 10.9. The van der Waals surface area contributed by atoms with Gasteiger partial charge in [0, 0.05) is 18.7 Å². The molecule has 30 heavy (non-hydrogen) atoms. The highest BCUT2D eigenvalue weighted by Crippen LogP contribution is 2.25. The first-order valence-electron chi connectivity index (χ1n) is 9.00. The van der Waals surface area contributed by atoms with Crippen LogP contribution < -0.4 is 5.32 Å². The van der Waals surface area contributed by atoms with Crippen LogP contribution >= 0.6 is 0 Å². The molecule has 2 aromatic rings. The molecule has 2 aromatic carbocycles. The number of aliphatic hydroxyl groups excluding tert-OH is 2. The molecule has 0 spiro atoms. The van der Waals surface area contributed by atoms with Crippen LogP contribution in [0.15, 0.2) is 48.5 Å². The number of aliphatic hydroxyl groups is 2. The Morgan fingerprint density at radius 2 is 1.87 bits per heavy atom. The van der Waals surface area contributed by atoms with Crippen molar-refractivity contribution in [3.05, 3.63) is 75.3 Å². The molecule has 2 rings (SSSR count). The Morgan fingerprint density at radius 3 is 2.50 bits per heavy atom. The molecule has 10 nitrogen and oxygen atoms in total. The standard InChI is InChI=1S/C20H22N2O8/c1-29-19(25)15-9-14(10-16(11-15)22(27)28)18(24)17(23)7-8-21-20(26)30-12-13-5-3-2-4-6-13/h2-6,9-11,17-18,23-24H,7-8,12H2,1H3,(H,21,26). The number of nitrogens with one attached hydrogen (secondary N) is 1. The Labute approximate surface area is 172 Å². The highest BCUT2D eigenvalue weighted by Gasteiger charge is 2.23. The fourth-order valence-corrected chi connectivity index (χ4v) is 2.62. The lowest BCUT2D eigenvalue weighted by Crippen LogP contribution is -2.29. The van der Waals surface area contributed by atoms with Gasteiger partial charge in [0.1, 0.15) is 12.7 Å². The number of esters is 1. The number of carbonyl (C=O) groups excluding carboxylic acids is 2. The largest absolute Gasteiger partial charge is 0.465 e. The van der Waals surface area contributed by atoms with Crippen LogP contribution in [0.25, 0.3) is 0 Å². The molecule has 0 bridgehead atoms. The van der Waals surface area contributed by atoms with Crippen molar-refractivity contribution >= 4 is 17.7 Å². The number of methoxy groups -OCH3 is 1. The number of nitro groups is 1. The summed E-state index contributed by atoms with van der Waals surface area (Å²) in [5.41, 5.74) is 0.233. The van der Waals surface area contributed by atoms with Crippen molar-refractivity contribution in [2.45, 2.75) is 25.2 Å². The van der Waals surface area contributed by atoms with Gasteiger partial charge in [0.2, 0.25) is 0 Å². The summed E-state index contributed by atoms with van der Waals surface area (Å²) >= 11 is 0. The molecule has 10 heteroatoms. The predicted octanol–water partition coefficient (Wildman–Crippen LogP) is 2.09. The van der Waals surface area contributed by atoms with Gasteiger partial charge in [0.15, 0.2) is 0 Å². The van der Waals surface area contributed by atoms with Crippen molar-refractivity contribution in [2.75, 3.05) is 13.7 Å². The molecule has 2 atom stereocenters. The molecule has 0 saturated carbocycles. The van der Waals surface area contributed by atoms with Crippen LogP contribution in [0.3, 0.4) is 0 Å². The van der Waals surface area contributed by atoms with Crippen molar-refractivity contribution < 1.29 is 34.2 Å². The molecule has 0 aromatic heterocycles. The molecule has 0 saturated heterocycles. The van der Waals surface area contributed by atoms with E-state index in [-0.39, 0.29) is 30.7 Å². The lowest BCUT2D eigenvalue weighted by atomic mass is 9.99. The van der Waals surface area contributed by atoms with Crippen molar-refractivity contribution in [3.63, 3.8) is 0 Å². The third-order valence-corrected chi connectivity index (χ3v) is 4.20. The molecular formula is C20H22N2O8. The normalized spacial score (nSPS) is 12.5. The van der Waals surface area contributed by atoms with E-state index < -0.39 is 34.9 Å². The van der Waals surface area contributed by atoms with Crippen LogP contribution in [-0.2, 0) is 16.1 Å². The number of rotatable bonds is 9. The van der Waals surface area contributed by atoms with E-state index in [0.717, 1.165) is 24.8 Å². The summed E-state index contributed by atoms with van der Waals surface area (Å²) in [5, 5.41) is 34.0. The van der Waals surface area contributed by atoms with Crippen molar-refractivity contribution in [1.29, 1.82) is 0 Å². The summed E-state index contributed by atoms with van der Waals surface area (Å²) < 4.78 is 9.58. The number of nitro benzene ring substituents is 1. The van der Waals surface area contributed by atoms with Crippen LogP contribution in [0, 0.1) is 10.1 Å². The average molecular weight is 418 g/mol.